The van der Waals surface area contributed by atoms with Gasteiger partial charge >= 0.3 is 0 Å². The third-order valence-electron chi connectivity index (χ3n) is 2.85. The molecule has 1 aromatic rings. The van der Waals surface area contributed by atoms with Crippen molar-refractivity contribution in [2.45, 2.75) is 12.6 Å². The Morgan fingerprint density at radius 1 is 1.44 bits per heavy atom. The number of nitrogens with two attached hydrogens (primary N) is 1. The molecule has 16 heavy (non-hydrogen) atoms. The number of primary amides is 1. The van der Waals surface area contributed by atoms with Gasteiger partial charge < -0.3 is 11.1 Å². The fourth-order valence-electron chi connectivity index (χ4n) is 1.99. The fourth-order valence-corrected chi connectivity index (χ4v) is 1.99. The molecule has 1 amide bonds. The molecule has 0 aliphatic carbocycles. The van der Waals surface area contributed by atoms with Crippen LogP contribution in [-0.4, -0.2) is 36.5 Å². The molecule has 0 radical (unpaired) electrons. The molecule has 1 aliphatic rings. The van der Waals surface area contributed by atoms with Gasteiger partial charge in [-0.25, -0.2) is 0 Å². The standard InChI is InChI=1S/C12H17N3O/c13-12(16)11-9-15(7-6-14-11)8-10-4-2-1-3-5-10/h1-5,11,14H,6-9H2,(H2,13,16)/t11-/m1/s1. The van der Waals surface area contributed by atoms with Crippen molar-refractivity contribution in [3.05, 3.63) is 35.9 Å². The van der Waals surface area contributed by atoms with Crippen molar-refractivity contribution in [3.63, 3.8) is 0 Å². The molecule has 1 aliphatic heterocycles. The summed E-state index contributed by atoms with van der Waals surface area (Å²) in [4.78, 5) is 13.3. The molecule has 3 N–H and O–H groups in total. The first-order valence-electron chi connectivity index (χ1n) is 5.54. The first-order valence-corrected chi connectivity index (χ1v) is 5.54. The van der Waals surface area contributed by atoms with E-state index in [0.717, 1.165) is 19.6 Å². The molecule has 0 aromatic heterocycles. The van der Waals surface area contributed by atoms with Gasteiger partial charge in [0, 0.05) is 26.2 Å². The van der Waals surface area contributed by atoms with Gasteiger partial charge in [0.1, 0.15) is 0 Å². The Labute approximate surface area is 95.4 Å². The van der Waals surface area contributed by atoms with Crippen LogP contribution >= 0.6 is 0 Å². The summed E-state index contributed by atoms with van der Waals surface area (Å²) >= 11 is 0. The van der Waals surface area contributed by atoms with Gasteiger partial charge in [-0.3, -0.25) is 9.69 Å². The predicted molar refractivity (Wildman–Crippen MR) is 62.7 cm³/mol. The van der Waals surface area contributed by atoms with Crippen LogP contribution in [0, 0.1) is 0 Å². The lowest BCUT2D eigenvalue weighted by Gasteiger charge is -2.32. The van der Waals surface area contributed by atoms with Crippen molar-refractivity contribution in [1.82, 2.24) is 10.2 Å². The number of hydrogen-bond donors (Lipinski definition) is 2. The molecule has 0 unspecified atom stereocenters. The van der Waals surface area contributed by atoms with E-state index in [4.69, 9.17) is 5.73 Å². The fraction of sp³-hybridized carbons (Fsp3) is 0.417. The van der Waals surface area contributed by atoms with E-state index in [0.29, 0.717) is 6.54 Å². The van der Waals surface area contributed by atoms with Crippen molar-refractivity contribution in [2.24, 2.45) is 5.73 Å². The van der Waals surface area contributed by atoms with E-state index in [9.17, 15) is 4.79 Å². The van der Waals surface area contributed by atoms with Gasteiger partial charge in [0.2, 0.25) is 5.91 Å². The Balaban J connectivity index is 1.93. The Morgan fingerprint density at radius 3 is 2.88 bits per heavy atom. The van der Waals surface area contributed by atoms with Crippen molar-refractivity contribution in [3.8, 4) is 0 Å². The second-order valence-electron chi connectivity index (χ2n) is 4.13. The largest absolute Gasteiger partial charge is 0.368 e. The summed E-state index contributed by atoms with van der Waals surface area (Å²) in [7, 11) is 0. The zero-order chi connectivity index (χ0) is 11.4. The lowest BCUT2D eigenvalue weighted by atomic mass is 10.1. The topological polar surface area (TPSA) is 58.4 Å². The summed E-state index contributed by atoms with van der Waals surface area (Å²) in [6.07, 6.45) is 0. The first-order chi connectivity index (χ1) is 7.75. The SMILES string of the molecule is NC(=O)[C@H]1CN(Cc2ccccc2)CCN1. The van der Waals surface area contributed by atoms with Crippen LogP contribution in [0.5, 0.6) is 0 Å². The van der Waals surface area contributed by atoms with Gasteiger partial charge in [-0.05, 0) is 5.56 Å². The first kappa shape index (κ1) is 11.1. The van der Waals surface area contributed by atoms with Gasteiger partial charge in [0.05, 0.1) is 6.04 Å². The number of hydrogen-bond acceptors (Lipinski definition) is 3. The number of nitrogens with zero attached hydrogens (tertiary/aromatic N) is 1. The van der Waals surface area contributed by atoms with Crippen LogP contribution in [-0.2, 0) is 11.3 Å². The highest BCUT2D eigenvalue weighted by Gasteiger charge is 2.22. The molecule has 2 rings (SSSR count). The molecule has 1 fully saturated rings. The van der Waals surface area contributed by atoms with Crippen LogP contribution in [0.2, 0.25) is 0 Å². The molecule has 1 heterocycles. The zero-order valence-corrected chi connectivity index (χ0v) is 9.23. The summed E-state index contributed by atoms with van der Waals surface area (Å²) in [5.41, 5.74) is 6.57. The highest BCUT2D eigenvalue weighted by molar-refractivity contribution is 5.80. The second kappa shape index (κ2) is 5.09. The number of amides is 1. The van der Waals surface area contributed by atoms with E-state index in [2.05, 4.69) is 22.3 Å². The Kier molecular flexibility index (Phi) is 3.54. The Bertz CT molecular complexity index is 353. The summed E-state index contributed by atoms with van der Waals surface area (Å²) in [5.74, 6) is -0.266. The monoisotopic (exact) mass is 219 g/mol. The molecule has 0 saturated carbocycles. The molecule has 0 bridgehead atoms. The van der Waals surface area contributed by atoms with Crippen LogP contribution in [0.25, 0.3) is 0 Å². The van der Waals surface area contributed by atoms with E-state index >= 15 is 0 Å². The van der Waals surface area contributed by atoms with E-state index in [1.54, 1.807) is 0 Å². The van der Waals surface area contributed by atoms with Gasteiger partial charge in [-0.15, -0.1) is 0 Å². The lowest BCUT2D eigenvalue weighted by Crippen LogP contribution is -2.55. The third kappa shape index (κ3) is 2.81. The highest BCUT2D eigenvalue weighted by Crippen LogP contribution is 2.07. The molecule has 86 valence electrons. The minimum Gasteiger partial charge on any atom is -0.368 e. The number of carbonyl (C=O) groups excluding carboxylic acids is 1. The van der Waals surface area contributed by atoms with Crippen molar-refractivity contribution in [1.29, 1.82) is 0 Å². The second-order valence-corrected chi connectivity index (χ2v) is 4.13. The van der Waals surface area contributed by atoms with Gasteiger partial charge in [-0.1, -0.05) is 30.3 Å². The molecule has 0 spiro atoms. The molecular formula is C12H17N3O. The van der Waals surface area contributed by atoms with Gasteiger partial charge in [-0.2, -0.15) is 0 Å². The Morgan fingerprint density at radius 2 is 2.19 bits per heavy atom. The molecule has 1 saturated heterocycles. The lowest BCUT2D eigenvalue weighted by molar-refractivity contribution is -0.121. The number of carbonyl (C=O) groups is 1. The van der Waals surface area contributed by atoms with Crippen LogP contribution in [0.3, 0.4) is 0 Å². The highest BCUT2D eigenvalue weighted by atomic mass is 16.1. The number of benzene rings is 1. The molecule has 4 heteroatoms. The van der Waals surface area contributed by atoms with Crippen LogP contribution in [0.15, 0.2) is 30.3 Å². The maximum atomic E-state index is 11.1. The van der Waals surface area contributed by atoms with Gasteiger partial charge in [0.25, 0.3) is 0 Å². The average Bonchev–Trinajstić information content (AvgIpc) is 2.30. The minimum absolute atomic E-state index is 0.211. The minimum atomic E-state index is -0.266. The van der Waals surface area contributed by atoms with Crippen molar-refractivity contribution < 1.29 is 4.79 Å². The summed E-state index contributed by atoms with van der Waals surface area (Å²) in [6, 6.07) is 10.1. The maximum Gasteiger partial charge on any atom is 0.235 e. The summed E-state index contributed by atoms with van der Waals surface area (Å²) < 4.78 is 0. The van der Waals surface area contributed by atoms with E-state index in [1.165, 1.54) is 5.56 Å². The van der Waals surface area contributed by atoms with E-state index < -0.39 is 0 Å². The molecule has 4 nitrogen and oxygen atoms in total. The number of rotatable bonds is 3. The molecular weight excluding hydrogens is 202 g/mol. The Hall–Kier alpha value is -1.39. The average molecular weight is 219 g/mol. The van der Waals surface area contributed by atoms with Crippen LogP contribution < -0.4 is 11.1 Å². The van der Waals surface area contributed by atoms with Crippen LogP contribution in [0.4, 0.5) is 0 Å². The van der Waals surface area contributed by atoms with E-state index in [-0.39, 0.29) is 11.9 Å². The predicted octanol–water partition coefficient (Wildman–Crippen LogP) is -0.0543. The zero-order valence-electron chi connectivity index (χ0n) is 9.23. The van der Waals surface area contributed by atoms with Crippen molar-refractivity contribution in [2.75, 3.05) is 19.6 Å². The van der Waals surface area contributed by atoms with Gasteiger partial charge in [0.15, 0.2) is 0 Å². The third-order valence-corrected chi connectivity index (χ3v) is 2.85. The maximum absolute atomic E-state index is 11.1. The van der Waals surface area contributed by atoms with E-state index in [1.807, 2.05) is 18.2 Å². The number of nitrogens with one attached hydrogen (secondary N) is 1. The smallest absolute Gasteiger partial charge is 0.235 e. The van der Waals surface area contributed by atoms with Crippen molar-refractivity contribution >= 4 is 5.91 Å². The summed E-state index contributed by atoms with van der Waals surface area (Å²) in [6.45, 7) is 3.36. The quantitative estimate of drug-likeness (QED) is 0.749. The summed E-state index contributed by atoms with van der Waals surface area (Å²) in [5, 5.41) is 3.12. The van der Waals surface area contributed by atoms with Crippen LogP contribution in [0.1, 0.15) is 5.56 Å². The molecule has 1 atom stereocenters. The normalized spacial score (nSPS) is 21.9. The molecule has 1 aromatic carbocycles. The number of piperazine rings is 1.